The Kier molecular flexibility index (Phi) is 12.8. The zero-order valence-electron chi connectivity index (χ0n) is 15.5. The van der Waals surface area contributed by atoms with Gasteiger partial charge >= 0.3 is 0 Å². The van der Waals surface area contributed by atoms with E-state index in [0.29, 0.717) is 32.4 Å². The average Bonchev–Trinajstić information content (AvgIpc) is 2.60. The molecule has 0 unspecified atom stereocenters. The first-order chi connectivity index (χ1) is 11.4. The van der Waals surface area contributed by atoms with Crippen LogP contribution in [0.3, 0.4) is 0 Å². The number of nitrogens with one attached hydrogen (secondary N) is 3. The molecule has 0 aliphatic carbocycles. The van der Waals surface area contributed by atoms with Crippen LogP contribution in [0, 0.1) is 0 Å². The van der Waals surface area contributed by atoms with Crippen LogP contribution in [0.2, 0.25) is 0 Å². The first-order valence-electron chi connectivity index (χ1n) is 8.45. The molecule has 0 atom stereocenters. The van der Waals surface area contributed by atoms with Gasteiger partial charge in [0.25, 0.3) is 0 Å². The molecule has 0 bridgehead atoms. The number of rotatable bonds is 13. The van der Waals surface area contributed by atoms with Crippen molar-refractivity contribution in [3.8, 4) is 0 Å². The Balaban J connectivity index is 4.15. The molecule has 0 aromatic rings. The summed E-state index contributed by atoms with van der Waals surface area (Å²) in [6.45, 7) is 3.68. The number of amides is 3. The lowest BCUT2D eigenvalue weighted by atomic mass is 10.2. The molecule has 0 aromatic carbocycles. The molecule has 0 heterocycles. The van der Waals surface area contributed by atoms with E-state index < -0.39 is 0 Å². The van der Waals surface area contributed by atoms with E-state index in [0.717, 1.165) is 26.1 Å². The molecule has 0 saturated heterocycles. The number of nitrogens with zero attached hydrogens (tertiary/aromatic N) is 2. The van der Waals surface area contributed by atoms with E-state index in [2.05, 4.69) is 25.8 Å². The van der Waals surface area contributed by atoms with Crippen LogP contribution < -0.4 is 16.0 Å². The smallest absolute Gasteiger partial charge is 0.221 e. The zero-order valence-corrected chi connectivity index (χ0v) is 15.5. The molecule has 0 aromatic heterocycles. The van der Waals surface area contributed by atoms with E-state index in [1.54, 1.807) is 21.1 Å². The van der Waals surface area contributed by atoms with Gasteiger partial charge < -0.3 is 25.8 Å². The lowest BCUT2D eigenvalue weighted by Crippen LogP contribution is -2.35. The van der Waals surface area contributed by atoms with Gasteiger partial charge in [0, 0.05) is 60.0 Å². The van der Waals surface area contributed by atoms with Crippen molar-refractivity contribution < 1.29 is 14.4 Å². The number of carbonyl (C=O) groups excluding carboxylic acids is 3. The fourth-order valence-corrected chi connectivity index (χ4v) is 2.20. The van der Waals surface area contributed by atoms with E-state index in [4.69, 9.17) is 0 Å². The summed E-state index contributed by atoms with van der Waals surface area (Å²) in [6.07, 6.45) is 2.27. The maximum Gasteiger partial charge on any atom is 0.221 e. The Morgan fingerprint density at radius 2 is 1.08 bits per heavy atom. The third-order valence-electron chi connectivity index (χ3n) is 3.88. The van der Waals surface area contributed by atoms with Crippen LogP contribution in [-0.2, 0) is 14.4 Å². The largest absolute Gasteiger partial charge is 0.359 e. The third-order valence-corrected chi connectivity index (χ3v) is 3.88. The summed E-state index contributed by atoms with van der Waals surface area (Å²) in [5.41, 5.74) is 0. The van der Waals surface area contributed by atoms with Crippen molar-refractivity contribution in [3.63, 3.8) is 0 Å². The third kappa shape index (κ3) is 11.8. The fourth-order valence-electron chi connectivity index (χ4n) is 2.20. The SMILES string of the molecule is CNC(=O)CCN(C)CCCN(CCC(=O)NC)CCC(=O)NC. The minimum atomic E-state index is 0.00244. The molecule has 0 saturated carbocycles. The highest BCUT2D eigenvalue weighted by molar-refractivity contribution is 5.76. The molecule has 8 heteroatoms. The van der Waals surface area contributed by atoms with Gasteiger partial charge in [0.1, 0.15) is 0 Å². The van der Waals surface area contributed by atoms with E-state index >= 15 is 0 Å². The summed E-state index contributed by atoms with van der Waals surface area (Å²) in [5.74, 6) is 0.0462. The molecule has 8 nitrogen and oxygen atoms in total. The predicted molar refractivity (Wildman–Crippen MR) is 94.6 cm³/mol. The Morgan fingerprint density at radius 1 is 0.667 bits per heavy atom. The first kappa shape index (κ1) is 22.3. The minimum absolute atomic E-state index is 0.00244. The number of hydrogen-bond donors (Lipinski definition) is 3. The molecule has 140 valence electrons. The summed E-state index contributed by atoms with van der Waals surface area (Å²) in [6, 6.07) is 0. The Morgan fingerprint density at radius 3 is 1.50 bits per heavy atom. The summed E-state index contributed by atoms with van der Waals surface area (Å²) in [5, 5.41) is 7.84. The Hall–Kier alpha value is -1.67. The van der Waals surface area contributed by atoms with Crippen LogP contribution in [0.1, 0.15) is 25.7 Å². The minimum Gasteiger partial charge on any atom is -0.359 e. The molecule has 0 spiro atoms. The van der Waals surface area contributed by atoms with Gasteiger partial charge in [-0.3, -0.25) is 14.4 Å². The van der Waals surface area contributed by atoms with Gasteiger partial charge in [-0.05, 0) is 26.6 Å². The normalized spacial score (nSPS) is 10.8. The highest BCUT2D eigenvalue weighted by atomic mass is 16.2. The van der Waals surface area contributed by atoms with Crippen molar-refractivity contribution in [3.05, 3.63) is 0 Å². The second kappa shape index (κ2) is 13.7. The van der Waals surface area contributed by atoms with Crippen molar-refractivity contribution in [1.82, 2.24) is 25.8 Å². The molecular formula is C16H33N5O3. The van der Waals surface area contributed by atoms with Crippen LogP contribution in [0.4, 0.5) is 0 Å². The molecule has 24 heavy (non-hydrogen) atoms. The lowest BCUT2D eigenvalue weighted by Gasteiger charge is -2.23. The summed E-state index contributed by atoms with van der Waals surface area (Å²) in [4.78, 5) is 38.3. The van der Waals surface area contributed by atoms with Crippen LogP contribution in [0.15, 0.2) is 0 Å². The molecule has 0 fully saturated rings. The summed E-state index contributed by atoms with van der Waals surface area (Å²) in [7, 11) is 6.87. The molecular weight excluding hydrogens is 310 g/mol. The molecule has 0 aliphatic heterocycles. The highest BCUT2D eigenvalue weighted by Gasteiger charge is 2.10. The first-order valence-corrected chi connectivity index (χ1v) is 8.45. The summed E-state index contributed by atoms with van der Waals surface area (Å²) < 4.78 is 0. The second-order valence-electron chi connectivity index (χ2n) is 5.77. The zero-order chi connectivity index (χ0) is 18.4. The maximum absolute atomic E-state index is 11.4. The van der Waals surface area contributed by atoms with E-state index in [1.165, 1.54) is 0 Å². The van der Waals surface area contributed by atoms with Crippen molar-refractivity contribution in [2.24, 2.45) is 0 Å². The molecule has 0 radical (unpaired) electrons. The standard InChI is InChI=1S/C16H33N5O3/c1-17-14(22)6-11-20(4)9-5-10-21(12-7-15(23)18-2)13-8-16(24)19-3/h5-13H2,1-4H3,(H,17,22)(H,18,23)(H,19,24). The van der Waals surface area contributed by atoms with Crippen LogP contribution in [-0.4, -0.2) is 88.4 Å². The topological polar surface area (TPSA) is 93.8 Å². The number of carbonyl (C=O) groups is 3. The van der Waals surface area contributed by atoms with Crippen LogP contribution in [0.25, 0.3) is 0 Å². The van der Waals surface area contributed by atoms with Crippen LogP contribution >= 0.6 is 0 Å². The van der Waals surface area contributed by atoms with Gasteiger partial charge in [0.05, 0.1) is 0 Å². The van der Waals surface area contributed by atoms with Crippen molar-refractivity contribution in [2.45, 2.75) is 25.7 Å². The van der Waals surface area contributed by atoms with E-state index in [-0.39, 0.29) is 17.7 Å². The predicted octanol–water partition coefficient (Wildman–Crippen LogP) is -0.981. The monoisotopic (exact) mass is 343 g/mol. The Bertz CT molecular complexity index is 370. The van der Waals surface area contributed by atoms with Crippen LogP contribution in [0.5, 0.6) is 0 Å². The quantitative estimate of drug-likeness (QED) is 0.400. The fraction of sp³-hybridized carbons (Fsp3) is 0.812. The van der Waals surface area contributed by atoms with Gasteiger partial charge in [-0.1, -0.05) is 0 Å². The van der Waals surface area contributed by atoms with Gasteiger partial charge in [-0.25, -0.2) is 0 Å². The van der Waals surface area contributed by atoms with E-state index in [9.17, 15) is 14.4 Å². The lowest BCUT2D eigenvalue weighted by molar-refractivity contribution is -0.122. The van der Waals surface area contributed by atoms with Gasteiger partial charge in [-0.2, -0.15) is 0 Å². The molecule has 3 N–H and O–H groups in total. The average molecular weight is 343 g/mol. The second-order valence-corrected chi connectivity index (χ2v) is 5.77. The van der Waals surface area contributed by atoms with Gasteiger partial charge in [0.2, 0.25) is 17.7 Å². The number of hydrogen-bond acceptors (Lipinski definition) is 5. The van der Waals surface area contributed by atoms with E-state index in [1.807, 2.05) is 7.05 Å². The Labute approximate surface area is 145 Å². The van der Waals surface area contributed by atoms with Gasteiger partial charge in [-0.15, -0.1) is 0 Å². The van der Waals surface area contributed by atoms with Crippen molar-refractivity contribution >= 4 is 17.7 Å². The van der Waals surface area contributed by atoms with Crippen molar-refractivity contribution in [2.75, 3.05) is 60.9 Å². The molecule has 3 amide bonds. The van der Waals surface area contributed by atoms with Gasteiger partial charge in [0.15, 0.2) is 0 Å². The molecule has 0 rings (SSSR count). The van der Waals surface area contributed by atoms with Crippen molar-refractivity contribution in [1.29, 1.82) is 0 Å². The maximum atomic E-state index is 11.4. The summed E-state index contributed by atoms with van der Waals surface area (Å²) >= 11 is 0. The molecule has 0 aliphatic rings. The highest BCUT2D eigenvalue weighted by Crippen LogP contribution is 1.99.